The molecule has 26 heteroatoms. The number of ether oxygens (including phenoxy) is 1. The van der Waals surface area contributed by atoms with Gasteiger partial charge in [0, 0.05) is 52.6 Å². The van der Waals surface area contributed by atoms with E-state index in [0.29, 0.717) is 39.6 Å². The van der Waals surface area contributed by atoms with Crippen LogP contribution in [0.5, 0.6) is 0 Å². The van der Waals surface area contributed by atoms with Gasteiger partial charge in [-0.2, -0.15) is 29.8 Å². The van der Waals surface area contributed by atoms with Gasteiger partial charge in [0.1, 0.15) is 6.54 Å². The topological polar surface area (TPSA) is 329 Å². The molecule has 2 heterocycles. The van der Waals surface area contributed by atoms with Crippen molar-refractivity contribution in [1.29, 1.82) is 0 Å². The average molecular weight is 971 g/mol. The lowest BCUT2D eigenvalue weighted by Crippen LogP contribution is -2.31. The van der Waals surface area contributed by atoms with E-state index in [1.54, 1.807) is 66.7 Å². The highest BCUT2D eigenvalue weighted by atomic mass is 32.2. The van der Waals surface area contributed by atoms with E-state index in [4.69, 9.17) is 14.5 Å². The van der Waals surface area contributed by atoms with Crippen LogP contribution in [0.25, 0.3) is 0 Å². The lowest BCUT2D eigenvalue weighted by Gasteiger charge is -2.30. The Morgan fingerprint density at radius 1 is 0.871 bits per heavy atom. The van der Waals surface area contributed by atoms with Gasteiger partial charge in [0.05, 0.1) is 68.1 Å². The van der Waals surface area contributed by atoms with Gasteiger partial charge < -0.3 is 19.3 Å². The molecule has 0 amide bonds. The van der Waals surface area contributed by atoms with E-state index >= 15 is 0 Å². The zero-order valence-electron chi connectivity index (χ0n) is 33.5. The second-order valence-electron chi connectivity index (χ2n) is 15.1. The molecule has 0 saturated heterocycles. The predicted octanol–water partition coefficient (Wildman–Crippen LogP) is 3.72. The number of hydrogen-bond acceptors (Lipinski definition) is 17. The Morgan fingerprint density at radius 3 is 2.10 bits per heavy atom. The normalized spacial score (nSPS) is 18.5. The number of benzene rings is 2. The van der Waals surface area contributed by atoms with E-state index in [1.807, 2.05) is 0 Å². The summed E-state index contributed by atoms with van der Waals surface area (Å²) in [4.78, 5) is 28.1. The molecule has 1 atom stereocenters. The maximum absolute atomic E-state index is 13.6. The van der Waals surface area contributed by atoms with Crippen LogP contribution in [0.15, 0.2) is 59.2 Å². The number of carboxylic acid groups (broad SMARTS) is 1. The molecule has 344 valence electrons. The molecule has 0 bridgehead atoms. The van der Waals surface area contributed by atoms with E-state index in [2.05, 4.69) is 9.37 Å². The van der Waals surface area contributed by atoms with Crippen molar-refractivity contribution in [2.75, 3.05) is 47.6 Å². The van der Waals surface area contributed by atoms with Crippen molar-refractivity contribution in [1.82, 2.24) is 0 Å². The maximum Gasteiger partial charge on any atom is 0.338 e. The summed E-state index contributed by atoms with van der Waals surface area (Å²) in [5, 5.41) is 22.5. The third-order valence-electron chi connectivity index (χ3n) is 10.2. The predicted molar refractivity (Wildman–Crippen MR) is 222 cm³/mol. The van der Waals surface area contributed by atoms with E-state index < -0.39 is 92.9 Å². The minimum atomic E-state index is -4.64. The molecule has 0 fully saturated rings. The molecule has 0 saturated carbocycles. The van der Waals surface area contributed by atoms with Crippen LogP contribution in [0.3, 0.4) is 0 Å². The number of carbonyl (C=O) groups is 2. The van der Waals surface area contributed by atoms with Crippen molar-refractivity contribution in [3.05, 3.63) is 76.5 Å². The molecular weight excluding hydrogens is 925 g/mol. The number of nitrogens with zero attached hydrogens (tertiary/aromatic N) is 2. The summed E-state index contributed by atoms with van der Waals surface area (Å²) in [7, 11) is -17.9. The Morgan fingerprint density at radius 2 is 1.50 bits per heavy atom. The van der Waals surface area contributed by atoms with Crippen molar-refractivity contribution >= 4 is 81.5 Å². The van der Waals surface area contributed by atoms with Crippen LogP contribution in [0.2, 0.25) is 0 Å². The van der Waals surface area contributed by atoms with Crippen LogP contribution in [0.1, 0.15) is 84.7 Å². The number of hydrogen-bond donors (Lipinski definition) is 5. The van der Waals surface area contributed by atoms with Crippen LogP contribution in [-0.2, 0) is 65.4 Å². The first kappa shape index (κ1) is 50.8. The Balaban J connectivity index is 1.92. The lowest BCUT2D eigenvalue weighted by atomic mass is 9.77. The molecule has 2 aliphatic heterocycles. The number of fused-ring (bicyclic) bond motifs is 2. The van der Waals surface area contributed by atoms with Gasteiger partial charge in [0.15, 0.2) is 5.71 Å². The highest BCUT2D eigenvalue weighted by Gasteiger charge is 2.48. The molecule has 0 aromatic heterocycles. The average Bonchev–Trinajstić information content (AvgIpc) is 3.49. The zero-order chi connectivity index (χ0) is 46.5. The van der Waals surface area contributed by atoms with Crippen molar-refractivity contribution in [2.45, 2.75) is 68.6 Å². The fourth-order valence-corrected chi connectivity index (χ4v) is 10.1. The minimum absolute atomic E-state index is 0.0201. The monoisotopic (exact) mass is 970 g/mol. The van der Waals surface area contributed by atoms with E-state index in [9.17, 15) is 62.0 Å². The molecular formula is C36H46N2O19S5. The number of allylic oxidation sites excluding steroid dienone is 4. The Bertz CT molecular complexity index is 2610. The summed E-state index contributed by atoms with van der Waals surface area (Å²) >= 11 is 0.641. The van der Waals surface area contributed by atoms with Gasteiger partial charge in [-0.3, -0.25) is 13.7 Å². The number of esters is 1. The van der Waals surface area contributed by atoms with Crippen LogP contribution in [-0.4, -0.2) is 127 Å². The molecule has 1 unspecified atom stereocenters. The van der Waals surface area contributed by atoms with Gasteiger partial charge in [-0.15, -0.1) is 4.33 Å². The van der Waals surface area contributed by atoms with Crippen LogP contribution >= 0.6 is 12.0 Å². The van der Waals surface area contributed by atoms with Gasteiger partial charge in [-0.05, 0) is 82.4 Å². The smallest absolute Gasteiger partial charge is 0.338 e. The van der Waals surface area contributed by atoms with E-state index in [0.717, 1.165) is 6.07 Å². The van der Waals surface area contributed by atoms with Crippen molar-refractivity contribution < 1.29 is 90.5 Å². The fourth-order valence-electron chi connectivity index (χ4n) is 7.68. The molecule has 2 aromatic rings. The van der Waals surface area contributed by atoms with Crippen molar-refractivity contribution in [3.63, 3.8) is 0 Å². The molecule has 0 spiro atoms. The third-order valence-corrected chi connectivity index (χ3v) is 14.0. The van der Waals surface area contributed by atoms with E-state index in [-0.39, 0.29) is 67.6 Å². The molecule has 2 aliphatic rings. The maximum atomic E-state index is 13.6. The summed E-state index contributed by atoms with van der Waals surface area (Å²) in [6.45, 7) is 4.53. The first-order chi connectivity index (χ1) is 28.6. The first-order valence-corrected chi connectivity index (χ1v) is 25.7. The molecule has 4 rings (SSSR count). The summed E-state index contributed by atoms with van der Waals surface area (Å²) in [6.07, 6.45) is 4.24. The van der Waals surface area contributed by atoms with Crippen LogP contribution in [0.4, 0.5) is 11.4 Å². The SMILES string of the molecule is CC1(C)C(/C=C/C=C2/N(CCCS(=O)(=O)[O-])c3ccc(SOOO)cc3C2(C)CCCS(=O)(=O)O)=[N+](CCCS(=O)(=O)O)c2cc(C(=O)O)cc(C(=O)OCCCS(=O)(=O)O)c21. The lowest BCUT2D eigenvalue weighted by molar-refractivity contribution is -0.437. The number of carboxylic acids is 1. The Hall–Kier alpha value is -3.80. The molecule has 21 nitrogen and oxygen atoms in total. The third kappa shape index (κ3) is 13.4. The fraction of sp³-hybridized carbons (Fsp3) is 0.472. The largest absolute Gasteiger partial charge is 0.748 e. The summed E-state index contributed by atoms with van der Waals surface area (Å²) < 4.78 is 144. The second kappa shape index (κ2) is 19.9. The number of anilines is 1. The van der Waals surface area contributed by atoms with Gasteiger partial charge in [0.25, 0.3) is 30.4 Å². The molecule has 62 heavy (non-hydrogen) atoms. The van der Waals surface area contributed by atoms with Gasteiger partial charge >= 0.3 is 11.9 Å². The molecule has 2 aromatic carbocycles. The summed E-state index contributed by atoms with van der Waals surface area (Å²) in [5.41, 5.74) is -0.451. The summed E-state index contributed by atoms with van der Waals surface area (Å²) in [5.74, 6) is -5.20. The Labute approximate surface area is 363 Å². The van der Waals surface area contributed by atoms with Gasteiger partial charge in [-0.1, -0.05) is 11.1 Å². The van der Waals surface area contributed by atoms with Crippen LogP contribution in [0, 0.1) is 0 Å². The molecule has 0 radical (unpaired) electrons. The number of aromatic carboxylic acids is 1. The molecule has 5 N–H and O–H groups in total. The number of carbonyl (C=O) groups excluding carboxylic acids is 1. The van der Waals surface area contributed by atoms with Crippen molar-refractivity contribution in [3.8, 4) is 0 Å². The van der Waals surface area contributed by atoms with Crippen LogP contribution < -0.4 is 4.90 Å². The minimum Gasteiger partial charge on any atom is -0.748 e. The highest BCUT2D eigenvalue weighted by molar-refractivity contribution is 7.94. The zero-order valence-corrected chi connectivity index (χ0v) is 37.6. The quantitative estimate of drug-likeness (QED) is 0.0201. The van der Waals surface area contributed by atoms with E-state index in [1.165, 1.54) is 6.07 Å². The Kier molecular flexibility index (Phi) is 16.3. The second-order valence-corrected chi connectivity index (χ2v) is 22.1. The molecule has 0 aliphatic carbocycles. The number of rotatable bonds is 23. The van der Waals surface area contributed by atoms with Gasteiger partial charge in [-0.25, -0.2) is 23.3 Å². The first-order valence-electron chi connectivity index (χ1n) is 18.6. The highest BCUT2D eigenvalue weighted by Crippen LogP contribution is 2.52. The standard InChI is InChI=1S/C36H46N2O19S5/c1-35(2)30(38(15-7-19-61(49,50)51)29-22-24(33(39)40)21-26(32(29)35)34(41)55-16-8-20-62(52,53)54)9-4-10-31-36(3,13-5-17-59(43,44)45)27-23-25(58-57-56-42)11-12-28(27)37(31)14-6-18-60(46,47)48/h4,9-12,21-23H,5-8,13-20H2,1-3H3,(H5-,39,40,42,43,44,45,46,47,48,49,50,51,52,53,54). The summed E-state index contributed by atoms with van der Waals surface area (Å²) in [6, 6.07) is 7.27. The van der Waals surface area contributed by atoms with Crippen molar-refractivity contribution in [2.24, 2.45) is 0 Å². The van der Waals surface area contributed by atoms with Gasteiger partial charge in [0.2, 0.25) is 5.69 Å².